The Bertz CT molecular complexity index is 666. The summed E-state index contributed by atoms with van der Waals surface area (Å²) in [7, 11) is -11.8. The van der Waals surface area contributed by atoms with Crippen LogP contribution >= 0.6 is 10.2 Å². The molecule has 0 radical (unpaired) electrons. The maximum atomic E-state index is 13.0. The van der Waals surface area contributed by atoms with Crippen molar-refractivity contribution in [1.82, 2.24) is 0 Å². The lowest BCUT2D eigenvalue weighted by Gasteiger charge is -2.44. The summed E-state index contributed by atoms with van der Waals surface area (Å²) < 4.78 is 149. The van der Waals surface area contributed by atoms with Crippen LogP contribution in [-0.4, -0.2) is 11.2 Å². The molecule has 23 heavy (non-hydrogen) atoms. The number of carbonyl (C=O) groups excluding carboxylic acids is 1. The van der Waals surface area contributed by atoms with Crippen molar-refractivity contribution in [2.75, 3.05) is 5.32 Å². The van der Waals surface area contributed by atoms with E-state index >= 15 is 0 Å². The van der Waals surface area contributed by atoms with Gasteiger partial charge in [-0.1, -0.05) is 19.4 Å². The predicted molar refractivity (Wildman–Crippen MR) is 52.9 cm³/mol. The summed E-state index contributed by atoms with van der Waals surface area (Å²) in [5.74, 6) is -18.5. The van der Waals surface area contributed by atoms with Gasteiger partial charge in [-0.3, -0.25) is 4.79 Å². The van der Waals surface area contributed by atoms with Crippen molar-refractivity contribution in [2.45, 2.75) is 5.25 Å². The highest BCUT2D eigenvalue weighted by atomic mass is 32.5. The molecule has 0 aliphatic rings. The Hall–Kier alpha value is -1.80. The van der Waals surface area contributed by atoms with Crippen molar-refractivity contribution in [3.63, 3.8) is 0 Å². The second-order valence-electron chi connectivity index (χ2n) is 3.88. The fourth-order valence-electron chi connectivity index (χ4n) is 1.08. The first-order valence-corrected chi connectivity index (χ1v) is 6.70. The third-order valence-corrected chi connectivity index (χ3v) is 3.35. The van der Waals surface area contributed by atoms with Gasteiger partial charge in [-0.05, 0) is 0 Å². The van der Waals surface area contributed by atoms with Crippen molar-refractivity contribution in [1.29, 1.82) is 0 Å². The maximum absolute atomic E-state index is 13.0. The zero-order valence-corrected chi connectivity index (χ0v) is 10.7. The van der Waals surface area contributed by atoms with Gasteiger partial charge in [0.2, 0.25) is 5.82 Å². The SMILES string of the molecule is O=C(Nc1c(F)c(F)c(F)c(F)c1F)C(F)(F)S(F)(F)(F)(F)F. The Labute approximate surface area is 117 Å². The van der Waals surface area contributed by atoms with Crippen LogP contribution in [0.1, 0.15) is 0 Å². The molecule has 0 saturated carbocycles. The van der Waals surface area contributed by atoms with Crippen LogP contribution in [0.5, 0.6) is 0 Å². The van der Waals surface area contributed by atoms with E-state index in [1.165, 1.54) is 0 Å². The minimum atomic E-state index is -11.8. The third-order valence-electron chi connectivity index (χ3n) is 2.20. The standard InChI is InChI=1S/C8HF12NOS/c9-1-2(10)4(12)6(5(13)3(1)11)21-7(22)8(14,15)23(16,17,18,19)20/h(H,21,22). The number of amides is 1. The van der Waals surface area contributed by atoms with Gasteiger partial charge in [-0.25, -0.2) is 22.0 Å². The molecule has 0 spiro atoms. The van der Waals surface area contributed by atoms with Crippen molar-refractivity contribution in [3.8, 4) is 0 Å². The highest BCUT2D eigenvalue weighted by Crippen LogP contribution is 3.04. The van der Waals surface area contributed by atoms with Crippen molar-refractivity contribution in [2.24, 2.45) is 0 Å². The predicted octanol–water partition coefficient (Wildman–Crippen LogP) is 5.21. The van der Waals surface area contributed by atoms with Gasteiger partial charge >= 0.3 is 21.4 Å². The van der Waals surface area contributed by atoms with E-state index < -0.39 is 56.2 Å². The smallest absolute Gasteiger partial charge is 0.315 e. The summed E-state index contributed by atoms with van der Waals surface area (Å²) in [6.07, 6.45) is 0. The first-order valence-electron chi connectivity index (χ1n) is 4.75. The van der Waals surface area contributed by atoms with Gasteiger partial charge in [0.15, 0.2) is 23.3 Å². The largest absolute Gasteiger partial charge is 0.459 e. The fraction of sp³-hybridized carbons (Fsp3) is 0.125. The number of nitrogens with one attached hydrogen (secondary N) is 1. The topological polar surface area (TPSA) is 29.1 Å². The van der Waals surface area contributed by atoms with Crippen LogP contribution in [0.25, 0.3) is 0 Å². The van der Waals surface area contributed by atoms with Crippen LogP contribution in [0.2, 0.25) is 0 Å². The maximum Gasteiger partial charge on any atom is 0.459 e. The molecule has 1 aromatic carbocycles. The molecule has 1 N–H and O–H groups in total. The average molecular weight is 387 g/mol. The number of anilines is 1. The number of rotatable bonds is 3. The van der Waals surface area contributed by atoms with Gasteiger partial charge in [0.25, 0.3) is 0 Å². The second kappa shape index (κ2) is 4.39. The van der Waals surface area contributed by atoms with Crippen LogP contribution in [-0.2, 0) is 4.79 Å². The molecule has 0 aromatic heterocycles. The summed E-state index contributed by atoms with van der Waals surface area (Å²) in [5.41, 5.74) is -2.65. The monoisotopic (exact) mass is 387 g/mol. The van der Waals surface area contributed by atoms with Gasteiger partial charge in [0.1, 0.15) is 5.69 Å². The van der Waals surface area contributed by atoms with Gasteiger partial charge in [0, 0.05) is 0 Å². The molecule has 134 valence electrons. The summed E-state index contributed by atoms with van der Waals surface area (Å²) >= 11 is 0. The fourth-order valence-corrected chi connectivity index (χ4v) is 1.48. The molecule has 15 heteroatoms. The summed E-state index contributed by atoms with van der Waals surface area (Å²) in [6.45, 7) is 0. The van der Waals surface area contributed by atoms with Crippen molar-refractivity contribution >= 4 is 21.8 Å². The zero-order valence-electron chi connectivity index (χ0n) is 9.85. The van der Waals surface area contributed by atoms with Crippen LogP contribution in [0.15, 0.2) is 0 Å². The molecule has 2 nitrogen and oxygen atoms in total. The molecule has 0 unspecified atom stereocenters. The first-order chi connectivity index (χ1) is 9.81. The number of hydrogen-bond acceptors (Lipinski definition) is 1. The Balaban J connectivity index is 3.45. The normalized spacial score (nSPS) is 15.8. The molecule has 0 fully saturated rings. The van der Waals surface area contributed by atoms with Crippen LogP contribution < -0.4 is 5.32 Å². The highest BCUT2D eigenvalue weighted by molar-refractivity contribution is 8.47. The molecule has 0 heterocycles. The van der Waals surface area contributed by atoms with Gasteiger partial charge < -0.3 is 5.32 Å². The van der Waals surface area contributed by atoms with E-state index in [9.17, 15) is 55.0 Å². The lowest BCUT2D eigenvalue weighted by molar-refractivity contribution is -0.132. The zero-order chi connectivity index (χ0) is 18.7. The molecule has 0 aliphatic heterocycles. The molecular weight excluding hydrogens is 386 g/mol. The van der Waals surface area contributed by atoms with Crippen LogP contribution in [0.3, 0.4) is 0 Å². The number of hydrogen-bond donors (Lipinski definition) is 1. The van der Waals surface area contributed by atoms with E-state index in [0.29, 0.717) is 0 Å². The van der Waals surface area contributed by atoms with E-state index in [-0.39, 0.29) is 5.32 Å². The Morgan fingerprint density at radius 3 is 1.35 bits per heavy atom. The van der Waals surface area contributed by atoms with Crippen molar-refractivity contribution < 1.29 is 55.0 Å². The molecule has 0 aliphatic carbocycles. The second-order valence-corrected chi connectivity index (χ2v) is 6.34. The van der Waals surface area contributed by atoms with Crippen LogP contribution in [0.4, 0.5) is 55.8 Å². The summed E-state index contributed by atoms with van der Waals surface area (Å²) in [4.78, 5) is 10.6. The van der Waals surface area contributed by atoms with E-state index in [1.807, 2.05) is 0 Å². The third kappa shape index (κ3) is 3.00. The first kappa shape index (κ1) is 19.2. The molecule has 1 rings (SSSR count). The molecule has 0 bridgehead atoms. The average Bonchev–Trinajstić information content (AvgIpc) is 2.35. The van der Waals surface area contributed by atoms with E-state index in [0.717, 1.165) is 0 Å². The van der Waals surface area contributed by atoms with Gasteiger partial charge in [-0.2, -0.15) is 8.78 Å². The minimum Gasteiger partial charge on any atom is -0.315 e. The number of carbonyl (C=O) groups is 1. The van der Waals surface area contributed by atoms with E-state index in [1.54, 1.807) is 0 Å². The summed E-state index contributed by atoms with van der Waals surface area (Å²) in [6, 6.07) is 0. The Morgan fingerprint density at radius 1 is 0.739 bits per heavy atom. The van der Waals surface area contributed by atoms with Gasteiger partial charge in [0.05, 0.1) is 0 Å². The lowest BCUT2D eigenvalue weighted by atomic mass is 10.2. The lowest BCUT2D eigenvalue weighted by Crippen LogP contribution is -2.44. The van der Waals surface area contributed by atoms with Crippen LogP contribution in [0, 0.1) is 29.1 Å². The highest BCUT2D eigenvalue weighted by Gasteiger charge is 2.86. The number of alkyl halides is 2. The summed E-state index contributed by atoms with van der Waals surface area (Å²) in [5, 5.41) is -7.52. The van der Waals surface area contributed by atoms with E-state index in [2.05, 4.69) is 0 Å². The number of benzene rings is 1. The van der Waals surface area contributed by atoms with Crippen molar-refractivity contribution in [3.05, 3.63) is 29.1 Å². The quantitative estimate of drug-likeness (QED) is 0.431. The number of halogens is 12. The van der Waals surface area contributed by atoms with Gasteiger partial charge in [-0.15, -0.1) is 0 Å². The molecular formula is C8HF12NOS. The minimum absolute atomic E-state index is 0.0715. The molecule has 1 aromatic rings. The molecule has 0 atom stereocenters. The molecule has 1 amide bonds. The van der Waals surface area contributed by atoms with E-state index in [4.69, 9.17) is 0 Å². The molecule has 0 saturated heterocycles. The Kier molecular flexibility index (Phi) is 3.67. The Morgan fingerprint density at radius 2 is 1.04 bits per heavy atom.